The van der Waals surface area contributed by atoms with Crippen LogP contribution in [-0.4, -0.2) is 40.8 Å². The minimum absolute atomic E-state index is 0.244. The lowest BCUT2D eigenvalue weighted by molar-refractivity contribution is 0.416. The second kappa shape index (κ2) is 7.46. The molecule has 2 N–H and O–H groups in total. The molecule has 0 spiro atoms. The number of hydrogen-bond acceptors (Lipinski definition) is 7. The van der Waals surface area contributed by atoms with Gasteiger partial charge in [0.05, 0.1) is 12.8 Å². The van der Waals surface area contributed by atoms with Gasteiger partial charge in [0.25, 0.3) is 0 Å². The molecule has 0 amide bonds. The molecule has 8 nitrogen and oxygen atoms in total. The summed E-state index contributed by atoms with van der Waals surface area (Å²) >= 11 is 0. The summed E-state index contributed by atoms with van der Waals surface area (Å²) in [6.45, 7) is 2.15. The number of nitrogens with one attached hydrogen (secondary N) is 2. The van der Waals surface area contributed by atoms with Crippen molar-refractivity contribution in [3.8, 4) is 11.8 Å². The predicted octanol–water partition coefficient (Wildman–Crippen LogP) is 2.18. The van der Waals surface area contributed by atoms with Crippen LogP contribution in [0.3, 0.4) is 0 Å². The summed E-state index contributed by atoms with van der Waals surface area (Å²) in [4.78, 5) is 2.37. The van der Waals surface area contributed by atoms with Gasteiger partial charge in [0.1, 0.15) is 17.4 Å². The van der Waals surface area contributed by atoms with Gasteiger partial charge in [0, 0.05) is 31.0 Å². The molecule has 24 heavy (non-hydrogen) atoms. The number of tetrazole rings is 1. The maximum atomic E-state index is 9.20. The zero-order valence-corrected chi connectivity index (χ0v) is 13.5. The second-order valence-corrected chi connectivity index (χ2v) is 5.48. The van der Waals surface area contributed by atoms with Crippen molar-refractivity contribution in [3.05, 3.63) is 30.2 Å². The van der Waals surface area contributed by atoms with E-state index in [1.165, 1.54) is 19.3 Å². The first-order valence-corrected chi connectivity index (χ1v) is 7.85. The van der Waals surface area contributed by atoms with Gasteiger partial charge in [-0.3, -0.25) is 0 Å². The first-order chi connectivity index (χ1) is 11.8. The highest BCUT2D eigenvalue weighted by molar-refractivity contribution is 5.75. The van der Waals surface area contributed by atoms with E-state index in [0.717, 1.165) is 30.2 Å². The number of H-pyrrole nitrogens is 1. The number of piperidine rings is 1. The summed E-state index contributed by atoms with van der Waals surface area (Å²) in [5, 5.41) is 25.7. The van der Waals surface area contributed by atoms with Gasteiger partial charge >= 0.3 is 0 Å². The van der Waals surface area contributed by atoms with E-state index in [2.05, 4.69) is 36.9 Å². The van der Waals surface area contributed by atoms with Gasteiger partial charge < -0.3 is 15.0 Å². The van der Waals surface area contributed by atoms with Crippen molar-refractivity contribution < 1.29 is 4.74 Å². The molecule has 3 rings (SSSR count). The van der Waals surface area contributed by atoms with E-state index in [0.29, 0.717) is 0 Å². The summed E-state index contributed by atoms with van der Waals surface area (Å²) in [6.07, 6.45) is 5.29. The van der Waals surface area contributed by atoms with E-state index >= 15 is 0 Å². The minimum Gasteiger partial charge on any atom is -0.494 e. The number of ether oxygens (including phenoxy) is 1. The quantitative estimate of drug-likeness (QED) is 0.812. The maximum absolute atomic E-state index is 9.20. The maximum Gasteiger partial charge on any atom is 0.216 e. The lowest BCUT2D eigenvalue weighted by atomic mass is 10.1. The zero-order valence-electron chi connectivity index (χ0n) is 13.5. The summed E-state index contributed by atoms with van der Waals surface area (Å²) in [6, 6.07) is 8.06. The van der Waals surface area contributed by atoms with Gasteiger partial charge in [0.2, 0.25) is 5.82 Å². The van der Waals surface area contributed by atoms with Crippen molar-refractivity contribution in [1.29, 1.82) is 5.26 Å². The molecule has 0 saturated carbocycles. The summed E-state index contributed by atoms with van der Waals surface area (Å²) < 4.78 is 5.48. The van der Waals surface area contributed by atoms with Gasteiger partial charge in [-0.15, -0.1) is 10.2 Å². The van der Waals surface area contributed by atoms with Crippen molar-refractivity contribution in [2.75, 3.05) is 30.4 Å². The Kier molecular flexibility index (Phi) is 4.91. The van der Waals surface area contributed by atoms with Crippen LogP contribution in [0.25, 0.3) is 5.57 Å². The molecule has 0 radical (unpaired) electrons. The monoisotopic (exact) mass is 325 g/mol. The lowest BCUT2D eigenvalue weighted by Crippen LogP contribution is -2.29. The highest BCUT2D eigenvalue weighted by Crippen LogP contribution is 2.31. The molecule has 2 aromatic rings. The Balaban J connectivity index is 1.79. The third-order valence-electron chi connectivity index (χ3n) is 3.99. The van der Waals surface area contributed by atoms with E-state index < -0.39 is 0 Å². The highest BCUT2D eigenvalue weighted by Gasteiger charge is 2.13. The number of benzene rings is 1. The van der Waals surface area contributed by atoms with Crippen LogP contribution in [0.1, 0.15) is 25.1 Å². The number of allylic oxidation sites excluding steroid dienone is 1. The first-order valence-electron chi connectivity index (χ1n) is 7.85. The average molecular weight is 325 g/mol. The summed E-state index contributed by atoms with van der Waals surface area (Å²) in [7, 11) is 1.63. The molecule has 1 aliphatic rings. The molecule has 8 heteroatoms. The number of hydrogen-bond donors (Lipinski definition) is 2. The first kappa shape index (κ1) is 15.8. The van der Waals surface area contributed by atoms with Crippen molar-refractivity contribution in [2.45, 2.75) is 19.3 Å². The minimum atomic E-state index is 0.244. The molecule has 0 atom stereocenters. The third-order valence-corrected chi connectivity index (χ3v) is 3.99. The molecule has 2 heterocycles. The van der Waals surface area contributed by atoms with E-state index in [4.69, 9.17) is 4.74 Å². The Morgan fingerprint density at radius 3 is 2.88 bits per heavy atom. The number of aromatic amines is 1. The molecule has 1 fully saturated rings. The second-order valence-electron chi connectivity index (χ2n) is 5.48. The van der Waals surface area contributed by atoms with Gasteiger partial charge in [0.15, 0.2) is 0 Å². The van der Waals surface area contributed by atoms with Gasteiger partial charge in [-0.25, -0.2) is 0 Å². The van der Waals surface area contributed by atoms with Crippen LogP contribution in [0.2, 0.25) is 0 Å². The van der Waals surface area contributed by atoms with Crippen LogP contribution in [0.4, 0.5) is 11.4 Å². The van der Waals surface area contributed by atoms with Crippen molar-refractivity contribution >= 4 is 16.9 Å². The van der Waals surface area contributed by atoms with Crippen LogP contribution < -0.4 is 15.0 Å². The van der Waals surface area contributed by atoms with Crippen LogP contribution in [0, 0.1) is 11.3 Å². The number of methoxy groups -OCH3 is 1. The summed E-state index contributed by atoms with van der Waals surface area (Å²) in [5.74, 6) is 0.966. The van der Waals surface area contributed by atoms with Gasteiger partial charge in [-0.05, 0) is 36.6 Å². The largest absolute Gasteiger partial charge is 0.494 e. The van der Waals surface area contributed by atoms with Crippen molar-refractivity contribution in [2.24, 2.45) is 0 Å². The lowest BCUT2D eigenvalue weighted by Gasteiger charge is -2.29. The van der Waals surface area contributed by atoms with Crippen LogP contribution >= 0.6 is 0 Å². The standard InChI is InChI=1S/C16H19N7O/c1-24-15-9-13(23-7-3-2-4-8-23)5-6-14(15)18-11-12(10-17)16-19-21-22-20-16/h5-6,9,11,18H,2-4,7-8H2,1H3,(H,19,20,21,22). The van der Waals surface area contributed by atoms with Crippen molar-refractivity contribution in [1.82, 2.24) is 20.6 Å². The molecule has 0 bridgehead atoms. The molecule has 1 aromatic carbocycles. The molecule has 1 saturated heterocycles. The van der Waals surface area contributed by atoms with Crippen LogP contribution in [0.15, 0.2) is 24.4 Å². The van der Waals surface area contributed by atoms with E-state index in [9.17, 15) is 5.26 Å². The predicted molar refractivity (Wildman–Crippen MR) is 90.4 cm³/mol. The normalized spacial score (nSPS) is 15.0. The highest BCUT2D eigenvalue weighted by atomic mass is 16.5. The van der Waals surface area contributed by atoms with Crippen LogP contribution in [0.5, 0.6) is 5.75 Å². The smallest absolute Gasteiger partial charge is 0.216 e. The molecule has 1 aliphatic heterocycles. The fourth-order valence-electron chi connectivity index (χ4n) is 2.72. The number of nitrogens with zero attached hydrogens (tertiary/aromatic N) is 5. The SMILES string of the molecule is COc1cc(N2CCCCC2)ccc1NC=C(C#N)c1nn[nH]n1. The number of nitriles is 1. The Hall–Kier alpha value is -3.08. The van der Waals surface area contributed by atoms with Gasteiger partial charge in [-0.2, -0.15) is 10.5 Å². The number of aromatic nitrogens is 4. The van der Waals surface area contributed by atoms with E-state index in [1.54, 1.807) is 13.3 Å². The van der Waals surface area contributed by atoms with Crippen LogP contribution in [-0.2, 0) is 0 Å². The fourth-order valence-corrected chi connectivity index (χ4v) is 2.72. The Labute approximate surface area is 140 Å². The van der Waals surface area contributed by atoms with Gasteiger partial charge in [-0.1, -0.05) is 0 Å². The van der Waals surface area contributed by atoms with Crippen molar-refractivity contribution in [3.63, 3.8) is 0 Å². The molecule has 124 valence electrons. The molecular weight excluding hydrogens is 306 g/mol. The van der Waals surface area contributed by atoms with E-state index in [-0.39, 0.29) is 11.4 Å². The topological polar surface area (TPSA) is 103 Å². The summed E-state index contributed by atoms with van der Waals surface area (Å²) in [5.41, 5.74) is 2.21. The molecule has 0 unspecified atom stereocenters. The van der Waals surface area contributed by atoms with E-state index in [1.807, 2.05) is 18.2 Å². The third kappa shape index (κ3) is 3.46. The Bertz CT molecular complexity index is 742. The Morgan fingerprint density at radius 1 is 1.38 bits per heavy atom. The average Bonchev–Trinajstić information content (AvgIpc) is 3.17. The zero-order chi connectivity index (χ0) is 16.8. The Morgan fingerprint density at radius 2 is 2.21 bits per heavy atom. The molecular formula is C16H19N7O. The number of rotatable bonds is 5. The molecule has 1 aromatic heterocycles. The fraction of sp³-hybridized carbons (Fsp3) is 0.375. The number of anilines is 2. The molecule has 0 aliphatic carbocycles.